The Morgan fingerprint density at radius 3 is 2.92 bits per heavy atom. The summed E-state index contributed by atoms with van der Waals surface area (Å²) in [6.45, 7) is 0. The molecule has 1 aromatic carbocycles. The average Bonchev–Trinajstić information content (AvgIpc) is 3.27. The minimum atomic E-state index is -0.0267. The molecule has 0 aliphatic rings. The zero-order chi connectivity index (χ0) is 16.5. The molecule has 0 fully saturated rings. The molecule has 120 valence electrons. The van der Waals surface area contributed by atoms with E-state index in [1.807, 2.05) is 41.8 Å². The van der Waals surface area contributed by atoms with Gasteiger partial charge in [-0.2, -0.15) is 0 Å². The maximum absolute atomic E-state index is 12.3. The lowest BCUT2D eigenvalue weighted by Crippen LogP contribution is -2.19. The molecular weight excluding hydrogens is 342 g/mol. The molecule has 5 nitrogen and oxygen atoms in total. The number of rotatable bonds is 4. The molecule has 4 aromatic rings. The van der Waals surface area contributed by atoms with Crippen LogP contribution < -0.4 is 5.56 Å². The third-order valence-corrected chi connectivity index (χ3v) is 5.42. The summed E-state index contributed by atoms with van der Waals surface area (Å²) < 4.78 is 7.36. The molecule has 3 aromatic heterocycles. The molecule has 0 unspecified atom stereocenters. The van der Waals surface area contributed by atoms with Crippen molar-refractivity contribution in [2.45, 2.75) is 10.9 Å². The SMILES string of the molecule is Cn1c(SCc2ncc(-c3ccccc3)o2)nc2sccc2c1=O. The standard InChI is InChI=1S/C17H13N3O2S2/c1-20-16(21)12-7-8-23-15(12)19-17(20)24-10-14-18-9-13(22-14)11-5-3-2-4-6-11/h2-9H,10H2,1H3. The van der Waals surface area contributed by atoms with Gasteiger partial charge in [0.05, 0.1) is 17.3 Å². The Morgan fingerprint density at radius 1 is 1.25 bits per heavy atom. The van der Waals surface area contributed by atoms with Gasteiger partial charge in [0.1, 0.15) is 4.83 Å². The first kappa shape index (κ1) is 15.2. The minimum Gasteiger partial charge on any atom is -0.440 e. The molecule has 0 bridgehead atoms. The zero-order valence-electron chi connectivity index (χ0n) is 12.8. The molecule has 0 aliphatic heterocycles. The number of oxazole rings is 1. The summed E-state index contributed by atoms with van der Waals surface area (Å²) in [4.78, 5) is 21.9. The zero-order valence-corrected chi connectivity index (χ0v) is 14.4. The van der Waals surface area contributed by atoms with Crippen LogP contribution in [0.15, 0.2) is 62.3 Å². The maximum Gasteiger partial charge on any atom is 0.262 e. The summed E-state index contributed by atoms with van der Waals surface area (Å²) in [6, 6.07) is 11.7. The van der Waals surface area contributed by atoms with E-state index in [9.17, 15) is 4.79 Å². The Bertz CT molecular complexity index is 1050. The molecule has 0 spiro atoms. The van der Waals surface area contributed by atoms with Crippen molar-refractivity contribution in [3.8, 4) is 11.3 Å². The van der Waals surface area contributed by atoms with Crippen molar-refractivity contribution >= 4 is 33.3 Å². The summed E-state index contributed by atoms with van der Waals surface area (Å²) >= 11 is 2.91. The quantitative estimate of drug-likeness (QED) is 0.410. The summed E-state index contributed by atoms with van der Waals surface area (Å²) in [7, 11) is 1.74. The van der Waals surface area contributed by atoms with Gasteiger partial charge in [-0.15, -0.1) is 11.3 Å². The van der Waals surface area contributed by atoms with Gasteiger partial charge in [0, 0.05) is 12.6 Å². The van der Waals surface area contributed by atoms with Crippen LogP contribution in [0.2, 0.25) is 0 Å². The molecule has 7 heteroatoms. The van der Waals surface area contributed by atoms with Crippen molar-refractivity contribution in [1.82, 2.24) is 14.5 Å². The van der Waals surface area contributed by atoms with Crippen LogP contribution in [0.5, 0.6) is 0 Å². The molecule has 0 aliphatic carbocycles. The van der Waals surface area contributed by atoms with Gasteiger partial charge in [0.25, 0.3) is 5.56 Å². The lowest BCUT2D eigenvalue weighted by Gasteiger charge is -2.05. The largest absolute Gasteiger partial charge is 0.440 e. The number of hydrogen-bond acceptors (Lipinski definition) is 6. The van der Waals surface area contributed by atoms with Crippen LogP contribution in [-0.4, -0.2) is 14.5 Å². The molecule has 0 amide bonds. The lowest BCUT2D eigenvalue weighted by molar-refractivity contribution is 0.529. The van der Waals surface area contributed by atoms with Crippen LogP contribution in [0.1, 0.15) is 5.89 Å². The molecule has 3 heterocycles. The van der Waals surface area contributed by atoms with Gasteiger partial charge in [0.2, 0.25) is 5.89 Å². The van der Waals surface area contributed by atoms with Crippen molar-refractivity contribution in [3.05, 3.63) is 64.2 Å². The van der Waals surface area contributed by atoms with Crippen molar-refractivity contribution in [3.63, 3.8) is 0 Å². The Kier molecular flexibility index (Phi) is 3.95. The first-order chi connectivity index (χ1) is 11.7. The number of benzene rings is 1. The maximum atomic E-state index is 12.3. The van der Waals surface area contributed by atoms with Crippen LogP contribution in [0.4, 0.5) is 0 Å². The topological polar surface area (TPSA) is 60.9 Å². The van der Waals surface area contributed by atoms with Crippen LogP contribution in [-0.2, 0) is 12.8 Å². The fourth-order valence-corrected chi connectivity index (χ4v) is 3.98. The first-order valence-electron chi connectivity index (χ1n) is 7.29. The molecule has 0 radical (unpaired) electrons. The van der Waals surface area contributed by atoms with Crippen LogP contribution >= 0.6 is 23.1 Å². The number of thiophene rings is 1. The fraction of sp³-hybridized carbons (Fsp3) is 0.118. The lowest BCUT2D eigenvalue weighted by atomic mass is 10.2. The third-order valence-electron chi connectivity index (χ3n) is 3.60. The Balaban J connectivity index is 1.56. The van der Waals surface area contributed by atoms with E-state index in [0.29, 0.717) is 22.2 Å². The molecule has 4 rings (SSSR count). The van der Waals surface area contributed by atoms with E-state index in [1.165, 1.54) is 23.1 Å². The monoisotopic (exact) mass is 355 g/mol. The molecule has 24 heavy (non-hydrogen) atoms. The van der Waals surface area contributed by atoms with Gasteiger partial charge < -0.3 is 4.42 Å². The second-order valence-electron chi connectivity index (χ2n) is 5.17. The van der Waals surface area contributed by atoms with Gasteiger partial charge >= 0.3 is 0 Å². The normalized spacial score (nSPS) is 11.2. The van der Waals surface area contributed by atoms with Gasteiger partial charge in [-0.3, -0.25) is 9.36 Å². The van der Waals surface area contributed by atoms with Gasteiger partial charge in [-0.1, -0.05) is 42.1 Å². The van der Waals surface area contributed by atoms with E-state index in [0.717, 1.165) is 16.2 Å². The highest BCUT2D eigenvalue weighted by molar-refractivity contribution is 7.98. The summed E-state index contributed by atoms with van der Waals surface area (Å²) in [5, 5.41) is 3.21. The van der Waals surface area contributed by atoms with Crippen molar-refractivity contribution in [2.24, 2.45) is 7.05 Å². The van der Waals surface area contributed by atoms with Gasteiger partial charge in [0.15, 0.2) is 10.9 Å². The Labute approximate surface area is 146 Å². The van der Waals surface area contributed by atoms with E-state index in [1.54, 1.807) is 17.8 Å². The van der Waals surface area contributed by atoms with E-state index in [4.69, 9.17) is 4.42 Å². The molecular formula is C17H13N3O2S2. The summed E-state index contributed by atoms with van der Waals surface area (Å²) in [5.74, 6) is 1.87. The van der Waals surface area contributed by atoms with Gasteiger partial charge in [-0.25, -0.2) is 9.97 Å². The highest BCUT2D eigenvalue weighted by Gasteiger charge is 2.12. The number of aromatic nitrogens is 3. The van der Waals surface area contributed by atoms with E-state index >= 15 is 0 Å². The van der Waals surface area contributed by atoms with Crippen molar-refractivity contribution < 1.29 is 4.42 Å². The first-order valence-corrected chi connectivity index (χ1v) is 9.16. The number of hydrogen-bond donors (Lipinski definition) is 0. The van der Waals surface area contributed by atoms with E-state index < -0.39 is 0 Å². The van der Waals surface area contributed by atoms with E-state index in [2.05, 4.69) is 9.97 Å². The van der Waals surface area contributed by atoms with Gasteiger partial charge in [-0.05, 0) is 11.4 Å². The number of fused-ring (bicyclic) bond motifs is 1. The molecule has 0 N–H and O–H groups in total. The Morgan fingerprint density at radius 2 is 2.08 bits per heavy atom. The second-order valence-corrected chi connectivity index (χ2v) is 7.01. The van der Waals surface area contributed by atoms with Crippen molar-refractivity contribution in [2.75, 3.05) is 0 Å². The summed E-state index contributed by atoms with van der Waals surface area (Å²) in [5.41, 5.74) is 0.966. The van der Waals surface area contributed by atoms with Crippen molar-refractivity contribution in [1.29, 1.82) is 0 Å². The number of nitrogens with zero attached hydrogens (tertiary/aromatic N) is 3. The second kappa shape index (κ2) is 6.26. The molecule has 0 saturated carbocycles. The van der Waals surface area contributed by atoms with Crippen LogP contribution in [0.25, 0.3) is 21.5 Å². The predicted molar refractivity (Wildman–Crippen MR) is 96.4 cm³/mol. The summed E-state index contributed by atoms with van der Waals surface area (Å²) in [6.07, 6.45) is 1.72. The molecule has 0 atom stereocenters. The average molecular weight is 355 g/mol. The van der Waals surface area contributed by atoms with Crippen LogP contribution in [0, 0.1) is 0 Å². The molecule has 0 saturated heterocycles. The highest BCUT2D eigenvalue weighted by atomic mass is 32.2. The van der Waals surface area contributed by atoms with E-state index in [-0.39, 0.29) is 5.56 Å². The predicted octanol–water partition coefficient (Wildman–Crippen LogP) is 3.94. The fourth-order valence-electron chi connectivity index (χ4n) is 2.35. The Hall–Kier alpha value is -2.38. The third kappa shape index (κ3) is 2.76. The minimum absolute atomic E-state index is 0.0267. The smallest absolute Gasteiger partial charge is 0.262 e. The highest BCUT2D eigenvalue weighted by Crippen LogP contribution is 2.26. The van der Waals surface area contributed by atoms with Crippen LogP contribution in [0.3, 0.4) is 0 Å². The number of thioether (sulfide) groups is 1.